The van der Waals surface area contributed by atoms with Gasteiger partial charge in [-0.25, -0.2) is 0 Å². The van der Waals surface area contributed by atoms with Gasteiger partial charge in [-0.1, -0.05) is 12.3 Å². The first-order chi connectivity index (χ1) is 10.3. The molecule has 1 aromatic rings. The molecule has 2 heterocycles. The summed E-state index contributed by atoms with van der Waals surface area (Å²) in [4.78, 5) is 14.5. The second-order valence-electron chi connectivity index (χ2n) is 5.24. The van der Waals surface area contributed by atoms with Gasteiger partial charge in [0, 0.05) is 11.8 Å². The molecule has 5 nitrogen and oxygen atoms in total. The number of benzene rings is 1. The van der Waals surface area contributed by atoms with Gasteiger partial charge in [0.05, 0.1) is 12.6 Å². The maximum absolute atomic E-state index is 12.5. The SMILES string of the molecule is C#CCN1CCCC[C@H]1C(=O)Nc1ccc2c(c1)OCO2. The number of hydrogen-bond donors (Lipinski definition) is 1. The van der Waals surface area contributed by atoms with Crippen LogP contribution >= 0.6 is 0 Å². The molecule has 2 aliphatic heterocycles. The van der Waals surface area contributed by atoms with E-state index in [1.54, 1.807) is 12.1 Å². The number of carbonyl (C=O) groups excluding carboxylic acids is 1. The van der Waals surface area contributed by atoms with E-state index in [1.807, 2.05) is 6.07 Å². The van der Waals surface area contributed by atoms with E-state index in [9.17, 15) is 4.79 Å². The minimum Gasteiger partial charge on any atom is -0.454 e. The molecule has 0 radical (unpaired) electrons. The summed E-state index contributed by atoms with van der Waals surface area (Å²) in [6, 6.07) is 5.26. The normalized spacial score (nSPS) is 20.8. The number of carbonyl (C=O) groups is 1. The lowest BCUT2D eigenvalue weighted by molar-refractivity contribution is -0.122. The minimum absolute atomic E-state index is 0.0104. The quantitative estimate of drug-likeness (QED) is 0.862. The molecule has 110 valence electrons. The predicted molar refractivity (Wildman–Crippen MR) is 79.2 cm³/mol. The number of anilines is 1. The molecule has 3 rings (SSSR count). The Hall–Kier alpha value is -2.19. The van der Waals surface area contributed by atoms with E-state index in [-0.39, 0.29) is 18.7 Å². The highest BCUT2D eigenvalue weighted by Crippen LogP contribution is 2.34. The fourth-order valence-corrected chi connectivity index (χ4v) is 2.79. The monoisotopic (exact) mass is 286 g/mol. The Kier molecular flexibility index (Phi) is 3.98. The Morgan fingerprint density at radius 2 is 2.24 bits per heavy atom. The molecule has 0 unspecified atom stereocenters. The average molecular weight is 286 g/mol. The molecule has 0 aliphatic carbocycles. The summed E-state index contributed by atoms with van der Waals surface area (Å²) < 4.78 is 10.6. The largest absolute Gasteiger partial charge is 0.454 e. The summed E-state index contributed by atoms with van der Waals surface area (Å²) in [5.41, 5.74) is 0.718. The second-order valence-corrected chi connectivity index (χ2v) is 5.24. The zero-order valence-corrected chi connectivity index (χ0v) is 11.8. The number of nitrogens with zero attached hydrogens (tertiary/aromatic N) is 1. The molecule has 0 saturated carbocycles. The molecule has 2 aliphatic rings. The minimum atomic E-state index is -0.153. The molecular formula is C16H18N2O3. The Morgan fingerprint density at radius 3 is 3.10 bits per heavy atom. The summed E-state index contributed by atoms with van der Waals surface area (Å²) >= 11 is 0. The Labute approximate surface area is 124 Å². The Morgan fingerprint density at radius 1 is 1.38 bits per heavy atom. The molecule has 0 spiro atoms. The highest BCUT2D eigenvalue weighted by molar-refractivity contribution is 5.95. The van der Waals surface area contributed by atoms with Crippen LogP contribution in [0.1, 0.15) is 19.3 Å². The summed E-state index contributed by atoms with van der Waals surface area (Å²) in [6.07, 6.45) is 8.38. The molecule has 1 atom stereocenters. The van der Waals surface area contributed by atoms with E-state index in [0.29, 0.717) is 18.0 Å². The zero-order chi connectivity index (χ0) is 14.7. The number of likely N-dealkylation sites (tertiary alicyclic amines) is 1. The van der Waals surface area contributed by atoms with Crippen LogP contribution in [0.5, 0.6) is 11.5 Å². The number of nitrogens with one attached hydrogen (secondary N) is 1. The van der Waals surface area contributed by atoms with Gasteiger partial charge >= 0.3 is 0 Å². The van der Waals surface area contributed by atoms with Crippen LogP contribution < -0.4 is 14.8 Å². The highest BCUT2D eigenvalue weighted by atomic mass is 16.7. The van der Waals surface area contributed by atoms with E-state index < -0.39 is 0 Å². The standard InChI is InChI=1S/C16H18N2O3/c1-2-8-18-9-4-3-5-13(18)16(19)17-12-6-7-14-15(10-12)21-11-20-14/h1,6-7,10,13H,3-5,8-9,11H2,(H,17,19)/t13-/m0/s1. The van der Waals surface area contributed by atoms with E-state index >= 15 is 0 Å². The van der Waals surface area contributed by atoms with Gasteiger partial charge in [-0.05, 0) is 31.5 Å². The van der Waals surface area contributed by atoms with Crippen LogP contribution in [0.4, 0.5) is 5.69 Å². The molecule has 1 saturated heterocycles. The summed E-state index contributed by atoms with van der Waals surface area (Å²) in [5, 5.41) is 2.94. The van der Waals surface area contributed by atoms with Crippen LogP contribution in [0.15, 0.2) is 18.2 Å². The first kappa shape index (κ1) is 13.8. The number of piperidine rings is 1. The van der Waals surface area contributed by atoms with Crippen LogP contribution in [-0.2, 0) is 4.79 Å². The number of hydrogen-bond acceptors (Lipinski definition) is 4. The number of fused-ring (bicyclic) bond motifs is 1. The molecule has 1 fully saturated rings. The molecule has 1 aromatic carbocycles. The van der Waals surface area contributed by atoms with Crippen molar-refractivity contribution in [3.63, 3.8) is 0 Å². The first-order valence-corrected chi connectivity index (χ1v) is 7.16. The molecule has 1 amide bonds. The van der Waals surface area contributed by atoms with Gasteiger partial charge in [-0.15, -0.1) is 6.42 Å². The van der Waals surface area contributed by atoms with Crippen molar-refractivity contribution in [3.05, 3.63) is 18.2 Å². The lowest BCUT2D eigenvalue weighted by Crippen LogP contribution is -2.47. The summed E-state index contributed by atoms with van der Waals surface area (Å²) in [6.45, 7) is 1.62. The van der Waals surface area contributed by atoms with Crippen molar-refractivity contribution < 1.29 is 14.3 Å². The Bertz CT molecular complexity index is 579. The smallest absolute Gasteiger partial charge is 0.241 e. The van der Waals surface area contributed by atoms with Crippen LogP contribution in [-0.4, -0.2) is 36.7 Å². The van der Waals surface area contributed by atoms with E-state index in [0.717, 1.165) is 31.5 Å². The maximum atomic E-state index is 12.5. The molecule has 21 heavy (non-hydrogen) atoms. The second kappa shape index (κ2) is 6.06. The first-order valence-electron chi connectivity index (χ1n) is 7.16. The fourth-order valence-electron chi connectivity index (χ4n) is 2.79. The van der Waals surface area contributed by atoms with Gasteiger partial charge in [0.25, 0.3) is 0 Å². The van der Waals surface area contributed by atoms with Gasteiger partial charge in [0.15, 0.2) is 11.5 Å². The number of terminal acetylenes is 1. The highest BCUT2D eigenvalue weighted by Gasteiger charge is 2.28. The number of amides is 1. The molecular weight excluding hydrogens is 268 g/mol. The van der Waals surface area contributed by atoms with Gasteiger partial charge in [-0.2, -0.15) is 0 Å². The predicted octanol–water partition coefficient (Wildman–Crippen LogP) is 1.84. The lowest BCUT2D eigenvalue weighted by atomic mass is 10.0. The van der Waals surface area contributed by atoms with E-state index in [4.69, 9.17) is 15.9 Å². The summed E-state index contributed by atoms with van der Waals surface area (Å²) in [7, 11) is 0. The molecule has 0 aromatic heterocycles. The number of ether oxygens (including phenoxy) is 2. The van der Waals surface area contributed by atoms with Crippen molar-refractivity contribution in [1.29, 1.82) is 0 Å². The summed E-state index contributed by atoms with van der Waals surface area (Å²) in [5.74, 6) is 3.99. The topological polar surface area (TPSA) is 50.8 Å². The van der Waals surface area contributed by atoms with Crippen LogP contribution in [0, 0.1) is 12.3 Å². The van der Waals surface area contributed by atoms with Crippen molar-refractivity contribution in [3.8, 4) is 23.8 Å². The third-order valence-electron chi connectivity index (χ3n) is 3.85. The van der Waals surface area contributed by atoms with Crippen LogP contribution in [0.2, 0.25) is 0 Å². The number of rotatable bonds is 3. The van der Waals surface area contributed by atoms with Gasteiger partial charge in [0.2, 0.25) is 12.7 Å². The van der Waals surface area contributed by atoms with Gasteiger partial charge < -0.3 is 14.8 Å². The zero-order valence-electron chi connectivity index (χ0n) is 11.8. The van der Waals surface area contributed by atoms with Crippen LogP contribution in [0.25, 0.3) is 0 Å². The molecule has 0 bridgehead atoms. The van der Waals surface area contributed by atoms with Crippen molar-refractivity contribution in [2.75, 3.05) is 25.2 Å². The van der Waals surface area contributed by atoms with Crippen molar-refractivity contribution >= 4 is 11.6 Å². The van der Waals surface area contributed by atoms with Crippen molar-refractivity contribution in [2.45, 2.75) is 25.3 Å². The molecule has 1 N–H and O–H groups in total. The van der Waals surface area contributed by atoms with Crippen molar-refractivity contribution in [2.24, 2.45) is 0 Å². The lowest BCUT2D eigenvalue weighted by Gasteiger charge is -2.33. The maximum Gasteiger partial charge on any atom is 0.241 e. The van der Waals surface area contributed by atoms with Gasteiger partial charge in [-0.3, -0.25) is 9.69 Å². The fraction of sp³-hybridized carbons (Fsp3) is 0.438. The van der Waals surface area contributed by atoms with Crippen LogP contribution in [0.3, 0.4) is 0 Å². The third kappa shape index (κ3) is 2.96. The van der Waals surface area contributed by atoms with E-state index in [1.165, 1.54) is 0 Å². The Balaban J connectivity index is 1.69. The van der Waals surface area contributed by atoms with Crippen molar-refractivity contribution in [1.82, 2.24) is 4.90 Å². The van der Waals surface area contributed by atoms with E-state index in [2.05, 4.69) is 16.1 Å². The third-order valence-corrected chi connectivity index (χ3v) is 3.85. The van der Waals surface area contributed by atoms with Gasteiger partial charge in [0.1, 0.15) is 0 Å². The average Bonchev–Trinajstić information content (AvgIpc) is 2.95. The molecule has 5 heteroatoms.